The molecule has 32 heavy (non-hydrogen) atoms. The predicted octanol–water partition coefficient (Wildman–Crippen LogP) is -1.75. The summed E-state index contributed by atoms with van der Waals surface area (Å²) in [6.45, 7) is 0.948. The van der Waals surface area contributed by atoms with Crippen molar-refractivity contribution >= 4 is 35.1 Å². The van der Waals surface area contributed by atoms with E-state index in [1.54, 1.807) is 0 Å². The van der Waals surface area contributed by atoms with Crippen molar-refractivity contribution < 1.29 is 61.4 Å². The van der Waals surface area contributed by atoms with Gasteiger partial charge in [-0.05, 0) is 6.92 Å². The Morgan fingerprint density at radius 2 is 1.75 bits per heavy atom. The molecule has 0 amide bonds. The molecule has 7 unspecified atom stereocenters. The van der Waals surface area contributed by atoms with E-state index in [0.717, 1.165) is 19.2 Å². The highest BCUT2D eigenvalue weighted by Gasteiger charge is 2.93. The second-order valence-electron chi connectivity index (χ2n) is 7.00. The molecule has 182 valence electrons. The third-order valence-corrected chi connectivity index (χ3v) is 9.10. The van der Waals surface area contributed by atoms with Crippen LogP contribution in [0.5, 0.6) is 0 Å². The molecule has 0 bridgehead atoms. The minimum atomic E-state index is -5.85. The number of nitrogens with zero attached hydrogens (tertiary/aromatic N) is 1. The lowest BCUT2D eigenvalue weighted by Gasteiger charge is -2.33. The summed E-state index contributed by atoms with van der Waals surface area (Å²) in [5.41, 5.74) is -9.05. The number of phosphoric ester groups is 1. The van der Waals surface area contributed by atoms with Crippen molar-refractivity contribution in [3.8, 4) is 0 Å². The number of aliphatic hydroxyl groups is 2. The Labute approximate surface area is 181 Å². The Morgan fingerprint density at radius 1 is 1.16 bits per heavy atom. The third-order valence-electron chi connectivity index (χ3n) is 4.90. The topological polar surface area (TPSA) is 264 Å². The van der Waals surface area contributed by atoms with Gasteiger partial charge in [-0.3, -0.25) is 18.9 Å². The molecule has 3 rings (SSSR count). The average molecular weight is 545 g/mol. The molecular formula is C11H16ClN2O15P3. The van der Waals surface area contributed by atoms with Gasteiger partial charge in [-0.25, -0.2) is 18.5 Å². The van der Waals surface area contributed by atoms with E-state index in [-0.39, 0.29) is 0 Å². The molecule has 0 radical (unpaired) electrons. The van der Waals surface area contributed by atoms with Crippen molar-refractivity contribution in [1.29, 1.82) is 0 Å². The van der Waals surface area contributed by atoms with Crippen molar-refractivity contribution in [1.82, 2.24) is 9.55 Å². The number of ether oxygens (including phenoxy) is 1. The van der Waals surface area contributed by atoms with Crippen molar-refractivity contribution in [2.45, 2.75) is 36.1 Å². The zero-order valence-electron chi connectivity index (χ0n) is 15.5. The normalized spacial score (nSPS) is 38.0. The summed E-state index contributed by atoms with van der Waals surface area (Å²) in [4.78, 5) is 61.2. The van der Waals surface area contributed by atoms with Crippen LogP contribution in [-0.4, -0.2) is 68.1 Å². The molecule has 21 heteroatoms. The smallest absolute Gasteiger partial charge is 0.382 e. The lowest BCUT2D eigenvalue weighted by molar-refractivity contribution is -0.163. The van der Waals surface area contributed by atoms with Crippen LogP contribution < -0.4 is 11.2 Å². The zero-order chi connectivity index (χ0) is 24.5. The van der Waals surface area contributed by atoms with Crippen molar-refractivity contribution in [2.24, 2.45) is 0 Å². The fourth-order valence-corrected chi connectivity index (χ4v) is 7.20. The molecule has 17 nitrogen and oxygen atoms in total. The molecule has 7 atom stereocenters. The van der Waals surface area contributed by atoms with Crippen LogP contribution in [0.2, 0.25) is 0 Å². The molecule has 1 aliphatic heterocycles. The lowest BCUT2D eigenvalue weighted by atomic mass is 9.94. The van der Waals surface area contributed by atoms with Gasteiger partial charge in [-0.15, -0.1) is 11.6 Å². The Kier molecular flexibility index (Phi) is 6.17. The molecule has 1 saturated heterocycles. The van der Waals surface area contributed by atoms with Gasteiger partial charge in [0.15, 0.2) is 11.8 Å². The lowest BCUT2D eigenvalue weighted by Crippen LogP contribution is -2.51. The van der Waals surface area contributed by atoms with Crippen LogP contribution in [0.3, 0.4) is 0 Å². The number of aromatic amines is 1. The summed E-state index contributed by atoms with van der Waals surface area (Å²) in [6.07, 6.45) is -2.74. The SMILES string of the molecule is CC1(O)C(n2ccc(=O)[nH]c2=O)OC2(CCl)C(OP(=O)(O)OP(=O)(O)OP(=O)(O)O)C12O. The van der Waals surface area contributed by atoms with Crippen molar-refractivity contribution in [3.63, 3.8) is 0 Å². The summed E-state index contributed by atoms with van der Waals surface area (Å²) in [5, 5.41) is 21.9. The van der Waals surface area contributed by atoms with E-state index in [1.165, 1.54) is 0 Å². The van der Waals surface area contributed by atoms with Crippen LogP contribution in [0, 0.1) is 0 Å². The van der Waals surface area contributed by atoms with Crippen LogP contribution in [0.4, 0.5) is 0 Å². The third kappa shape index (κ3) is 4.13. The molecule has 7 N–H and O–H groups in total. The van der Waals surface area contributed by atoms with Crippen LogP contribution in [0.15, 0.2) is 21.9 Å². The standard InChI is InChI=1S/C11H16ClN2O15P3/c1-9(17)7(14-3-2-5(15)13-8(14)16)26-10(4-12)6(11(9,10)18)27-31(22,23)29-32(24,25)28-30(19,20)21/h2-3,6-7,17-18H,4H2,1H3,(H,22,23)(H,24,25)(H,13,15,16)(H2,19,20,21). The van der Waals surface area contributed by atoms with E-state index in [0.29, 0.717) is 4.57 Å². The molecule has 1 aromatic rings. The van der Waals surface area contributed by atoms with E-state index in [2.05, 4.69) is 13.1 Å². The Bertz CT molecular complexity index is 1190. The summed E-state index contributed by atoms with van der Waals surface area (Å²) in [6, 6.07) is 0.908. The summed E-state index contributed by atoms with van der Waals surface area (Å²) in [7, 11) is -17.2. The van der Waals surface area contributed by atoms with Crippen molar-refractivity contribution in [2.75, 3.05) is 5.88 Å². The van der Waals surface area contributed by atoms with Crippen molar-refractivity contribution in [3.05, 3.63) is 33.1 Å². The highest BCUT2D eigenvalue weighted by molar-refractivity contribution is 7.66. The number of fused-ring (bicyclic) bond motifs is 1. The summed E-state index contributed by atoms with van der Waals surface area (Å²) >= 11 is 5.80. The molecule has 1 aromatic heterocycles. The first-order valence-electron chi connectivity index (χ1n) is 8.14. The molecule has 0 aromatic carbocycles. The molecule has 1 aliphatic carbocycles. The fourth-order valence-electron chi connectivity index (χ4n) is 3.54. The molecule has 2 heterocycles. The van der Waals surface area contributed by atoms with Gasteiger partial charge in [0.25, 0.3) is 5.56 Å². The summed E-state index contributed by atoms with van der Waals surface area (Å²) in [5.74, 6) is -0.714. The Hall–Kier alpha value is -0.740. The number of aromatic nitrogens is 2. The van der Waals surface area contributed by atoms with Gasteiger partial charge in [0.05, 0.1) is 5.88 Å². The molecule has 2 aliphatic rings. The number of halogens is 1. The minimum absolute atomic E-state index is 0.696. The first kappa shape index (κ1) is 25.9. The van der Waals surface area contributed by atoms with E-state index >= 15 is 0 Å². The van der Waals surface area contributed by atoms with E-state index in [1.807, 2.05) is 4.98 Å². The van der Waals surface area contributed by atoms with Gasteiger partial charge in [0.1, 0.15) is 17.3 Å². The quantitative estimate of drug-likeness (QED) is 0.141. The highest BCUT2D eigenvalue weighted by atomic mass is 35.5. The number of rotatable bonds is 8. The number of nitrogens with one attached hydrogen (secondary N) is 1. The molecule has 2 fully saturated rings. The van der Waals surface area contributed by atoms with Gasteiger partial charge in [0, 0.05) is 12.3 Å². The van der Waals surface area contributed by atoms with Gasteiger partial charge in [0.2, 0.25) is 0 Å². The van der Waals surface area contributed by atoms with Crippen LogP contribution in [-0.2, 0) is 31.6 Å². The van der Waals surface area contributed by atoms with Gasteiger partial charge < -0.3 is 34.5 Å². The second kappa shape index (κ2) is 7.63. The Balaban J connectivity index is 1.89. The minimum Gasteiger partial charge on any atom is -0.382 e. The van der Waals surface area contributed by atoms with Crippen LogP contribution in [0.1, 0.15) is 13.2 Å². The van der Waals surface area contributed by atoms with E-state index in [4.69, 9.17) is 26.1 Å². The molecular weight excluding hydrogens is 528 g/mol. The number of hydrogen-bond donors (Lipinski definition) is 7. The molecule has 0 spiro atoms. The highest BCUT2D eigenvalue weighted by Crippen LogP contribution is 2.74. The van der Waals surface area contributed by atoms with Gasteiger partial charge in [-0.2, -0.15) is 8.62 Å². The first-order valence-corrected chi connectivity index (χ1v) is 13.2. The number of H-pyrrole nitrogens is 1. The monoisotopic (exact) mass is 544 g/mol. The van der Waals surface area contributed by atoms with Crippen LogP contribution >= 0.6 is 35.1 Å². The van der Waals surface area contributed by atoms with Gasteiger partial charge in [-0.1, -0.05) is 0 Å². The maximum Gasteiger partial charge on any atom is 0.490 e. The number of alkyl halides is 1. The zero-order valence-corrected chi connectivity index (χ0v) is 19.0. The largest absolute Gasteiger partial charge is 0.490 e. The Morgan fingerprint density at radius 3 is 2.22 bits per heavy atom. The molecule has 1 saturated carbocycles. The predicted molar refractivity (Wildman–Crippen MR) is 99.2 cm³/mol. The van der Waals surface area contributed by atoms with E-state index < -0.39 is 69.7 Å². The second-order valence-corrected chi connectivity index (χ2v) is 11.6. The maximum atomic E-state index is 12.1. The summed E-state index contributed by atoms with van der Waals surface area (Å²) < 4.78 is 52.2. The van der Waals surface area contributed by atoms with E-state index in [9.17, 15) is 43.3 Å². The number of hydrogen-bond acceptors (Lipinski definition) is 11. The average Bonchev–Trinajstić information content (AvgIpc) is 3.00. The maximum absolute atomic E-state index is 12.1. The number of phosphoric acid groups is 3. The van der Waals surface area contributed by atoms with Gasteiger partial charge >= 0.3 is 29.2 Å². The first-order chi connectivity index (χ1) is 14.3. The fraction of sp³-hybridized carbons (Fsp3) is 0.636. The van der Waals surface area contributed by atoms with Crippen LogP contribution in [0.25, 0.3) is 0 Å².